The third-order valence-corrected chi connectivity index (χ3v) is 13.3. The first-order valence-corrected chi connectivity index (χ1v) is 14.2. The van der Waals surface area contributed by atoms with Gasteiger partial charge >= 0.3 is 0 Å². The average Bonchev–Trinajstić information content (AvgIpc) is 3.27. The summed E-state index contributed by atoms with van der Waals surface area (Å²) in [6, 6.07) is 0. The molecule has 0 spiro atoms. The van der Waals surface area contributed by atoms with Gasteiger partial charge in [-0.1, -0.05) is 34.6 Å². The van der Waals surface area contributed by atoms with Crippen molar-refractivity contribution in [1.29, 1.82) is 0 Å². The maximum Gasteiger partial charge on any atom is 0.0865 e. The molecule has 1 saturated heterocycles. The van der Waals surface area contributed by atoms with Crippen LogP contribution >= 0.6 is 0 Å². The first kappa shape index (κ1) is 24.6. The third-order valence-electron chi connectivity index (χ3n) is 13.3. The van der Waals surface area contributed by atoms with Crippen molar-refractivity contribution in [3.05, 3.63) is 0 Å². The topological polar surface area (TPSA) is 49.7 Å². The highest BCUT2D eigenvalue weighted by molar-refractivity contribution is 5.18. The van der Waals surface area contributed by atoms with Crippen molar-refractivity contribution in [3.63, 3.8) is 0 Å². The SMILES string of the molecule is CC1(C)C(O)CC[C@@]2(C)C1CC[C@]1(C)C2CCC2[C@@H]([C@@]3(C)CC[C@@H](C(C)(C)O)O3)CC[C@]21C. The van der Waals surface area contributed by atoms with Crippen LogP contribution in [-0.2, 0) is 4.74 Å². The zero-order valence-electron chi connectivity index (χ0n) is 22.8. The van der Waals surface area contributed by atoms with Crippen LogP contribution in [0.25, 0.3) is 0 Å². The van der Waals surface area contributed by atoms with Crippen LogP contribution in [0.3, 0.4) is 0 Å². The van der Waals surface area contributed by atoms with E-state index in [1.807, 2.05) is 13.8 Å². The third kappa shape index (κ3) is 3.16. The van der Waals surface area contributed by atoms with E-state index in [0.717, 1.165) is 31.1 Å². The van der Waals surface area contributed by atoms with Crippen molar-refractivity contribution in [3.8, 4) is 0 Å². The summed E-state index contributed by atoms with van der Waals surface area (Å²) < 4.78 is 6.73. The Bertz CT molecular complexity index is 784. The van der Waals surface area contributed by atoms with E-state index in [0.29, 0.717) is 28.1 Å². The van der Waals surface area contributed by atoms with Crippen molar-refractivity contribution in [1.82, 2.24) is 0 Å². The minimum absolute atomic E-state index is 0.0293. The summed E-state index contributed by atoms with van der Waals surface area (Å²) in [4.78, 5) is 0. The fourth-order valence-electron chi connectivity index (χ4n) is 11.1. The second-order valence-corrected chi connectivity index (χ2v) is 15.3. The van der Waals surface area contributed by atoms with Gasteiger partial charge in [0.1, 0.15) is 0 Å². The van der Waals surface area contributed by atoms with Gasteiger partial charge in [0, 0.05) is 0 Å². The van der Waals surface area contributed by atoms with Gasteiger partial charge in [0.05, 0.1) is 23.4 Å². The van der Waals surface area contributed by atoms with E-state index >= 15 is 0 Å². The largest absolute Gasteiger partial charge is 0.393 e. The molecule has 0 aromatic carbocycles. The van der Waals surface area contributed by atoms with Crippen LogP contribution in [0.1, 0.15) is 120 Å². The number of hydrogen-bond donors (Lipinski definition) is 2. The highest BCUT2D eigenvalue weighted by atomic mass is 16.5. The van der Waals surface area contributed by atoms with Gasteiger partial charge in [-0.3, -0.25) is 0 Å². The van der Waals surface area contributed by atoms with Gasteiger partial charge in [0.15, 0.2) is 0 Å². The molecular formula is C30H52O3. The standard InChI is InChI=1S/C30H52O3/c1-25(2)21-12-17-29(7)22(27(21,5)15-13-23(25)31)10-9-19-20(11-16-28(19,29)6)30(8)18-14-24(33-30)26(3,4)32/h19-24,31-32H,9-18H2,1-8H3/t19?,20-,21?,22?,23?,24-,27-,28+,29+,30+/m0/s1. The Hall–Kier alpha value is -0.120. The fourth-order valence-corrected chi connectivity index (χ4v) is 11.1. The van der Waals surface area contributed by atoms with Gasteiger partial charge in [-0.15, -0.1) is 0 Å². The zero-order valence-corrected chi connectivity index (χ0v) is 22.8. The molecule has 2 N–H and O–H groups in total. The maximum atomic E-state index is 10.9. The molecule has 3 nitrogen and oxygen atoms in total. The summed E-state index contributed by atoms with van der Waals surface area (Å²) in [5, 5.41) is 21.5. The first-order chi connectivity index (χ1) is 15.1. The van der Waals surface area contributed by atoms with Gasteiger partial charge in [0.2, 0.25) is 0 Å². The van der Waals surface area contributed by atoms with E-state index in [1.54, 1.807) is 0 Å². The monoisotopic (exact) mass is 460 g/mol. The van der Waals surface area contributed by atoms with E-state index in [4.69, 9.17) is 4.74 Å². The van der Waals surface area contributed by atoms with Gasteiger partial charge < -0.3 is 14.9 Å². The molecule has 4 saturated carbocycles. The molecule has 5 aliphatic rings. The van der Waals surface area contributed by atoms with Crippen LogP contribution in [0, 0.1) is 45.3 Å². The summed E-state index contributed by atoms with van der Waals surface area (Å²) in [5.41, 5.74) is 0.277. The molecule has 0 aromatic heterocycles. The first-order valence-electron chi connectivity index (χ1n) is 14.2. The maximum absolute atomic E-state index is 10.9. The van der Waals surface area contributed by atoms with E-state index in [1.165, 1.54) is 44.9 Å². The summed E-state index contributed by atoms with van der Waals surface area (Å²) in [7, 11) is 0. The second kappa shape index (κ2) is 7.22. The molecule has 4 aliphatic carbocycles. The molecule has 3 heteroatoms. The fraction of sp³-hybridized carbons (Fsp3) is 1.00. The lowest BCUT2D eigenvalue weighted by atomic mass is 9.35. The molecule has 0 aromatic rings. The summed E-state index contributed by atoms with van der Waals surface area (Å²) in [5.74, 6) is 2.73. The van der Waals surface area contributed by atoms with Crippen LogP contribution in [0.4, 0.5) is 0 Å². The molecule has 0 radical (unpaired) electrons. The zero-order chi connectivity index (χ0) is 24.2. The summed E-state index contributed by atoms with van der Waals surface area (Å²) in [6.45, 7) is 18.8. The van der Waals surface area contributed by atoms with Crippen LogP contribution in [0.15, 0.2) is 0 Å². The molecule has 5 rings (SSSR count). The lowest BCUT2D eigenvalue weighted by molar-refractivity contribution is -0.227. The van der Waals surface area contributed by atoms with Crippen molar-refractivity contribution < 1.29 is 14.9 Å². The van der Waals surface area contributed by atoms with E-state index in [9.17, 15) is 10.2 Å². The minimum atomic E-state index is -0.755. The Morgan fingerprint density at radius 1 is 0.697 bits per heavy atom. The number of hydrogen-bond acceptors (Lipinski definition) is 3. The summed E-state index contributed by atoms with van der Waals surface area (Å²) in [6.07, 6.45) is 11.9. The second-order valence-electron chi connectivity index (χ2n) is 15.3. The molecule has 1 aliphatic heterocycles. The lowest BCUT2D eigenvalue weighted by Crippen LogP contribution is -2.64. The van der Waals surface area contributed by atoms with Crippen LogP contribution in [0.5, 0.6) is 0 Å². The van der Waals surface area contributed by atoms with Gasteiger partial charge in [-0.25, -0.2) is 0 Å². The van der Waals surface area contributed by atoms with Crippen LogP contribution in [0.2, 0.25) is 0 Å². The number of ether oxygens (including phenoxy) is 1. The Morgan fingerprint density at radius 3 is 2.00 bits per heavy atom. The molecule has 10 atom stereocenters. The summed E-state index contributed by atoms with van der Waals surface area (Å²) >= 11 is 0. The average molecular weight is 461 g/mol. The van der Waals surface area contributed by atoms with E-state index in [-0.39, 0.29) is 23.2 Å². The number of fused-ring (bicyclic) bond motifs is 5. The smallest absolute Gasteiger partial charge is 0.0865 e. The Morgan fingerprint density at radius 2 is 1.36 bits per heavy atom. The number of rotatable bonds is 2. The van der Waals surface area contributed by atoms with Crippen molar-refractivity contribution in [2.24, 2.45) is 45.3 Å². The van der Waals surface area contributed by atoms with Crippen LogP contribution < -0.4 is 0 Å². The van der Waals surface area contributed by atoms with Crippen molar-refractivity contribution >= 4 is 0 Å². The lowest BCUT2D eigenvalue weighted by Gasteiger charge is -2.70. The predicted octanol–water partition coefficient (Wildman–Crippen LogP) is 6.74. The normalized spacial score (nSPS) is 56.2. The van der Waals surface area contributed by atoms with Gasteiger partial charge in [0.25, 0.3) is 0 Å². The highest BCUT2D eigenvalue weighted by Gasteiger charge is 2.70. The van der Waals surface area contributed by atoms with Crippen molar-refractivity contribution in [2.45, 2.75) is 143 Å². The van der Waals surface area contributed by atoms with Crippen LogP contribution in [-0.4, -0.2) is 33.6 Å². The molecule has 0 bridgehead atoms. The molecule has 190 valence electrons. The Kier molecular flexibility index (Phi) is 5.38. The molecule has 5 fully saturated rings. The molecule has 4 unspecified atom stereocenters. The van der Waals surface area contributed by atoms with Crippen molar-refractivity contribution in [2.75, 3.05) is 0 Å². The highest BCUT2D eigenvalue weighted by Crippen LogP contribution is 2.76. The molecule has 33 heavy (non-hydrogen) atoms. The number of aliphatic hydroxyl groups excluding tert-OH is 1. The minimum Gasteiger partial charge on any atom is -0.393 e. The Balaban J connectivity index is 1.44. The van der Waals surface area contributed by atoms with E-state index in [2.05, 4.69) is 41.5 Å². The van der Waals surface area contributed by atoms with E-state index < -0.39 is 5.60 Å². The molecule has 0 amide bonds. The van der Waals surface area contributed by atoms with Gasteiger partial charge in [-0.2, -0.15) is 0 Å². The molecule has 1 heterocycles. The van der Waals surface area contributed by atoms with Gasteiger partial charge in [-0.05, 0) is 130 Å². The Labute approximate surface area is 203 Å². The molecular weight excluding hydrogens is 408 g/mol. The number of aliphatic hydroxyl groups is 2. The quantitative estimate of drug-likeness (QED) is 0.480. The predicted molar refractivity (Wildman–Crippen MR) is 134 cm³/mol.